The minimum Gasteiger partial charge on any atom is -0.381 e. The highest BCUT2D eigenvalue weighted by molar-refractivity contribution is 5.67. The second-order valence-corrected chi connectivity index (χ2v) is 6.49. The molecule has 0 amide bonds. The number of rotatable bonds is 8. The van der Waals surface area contributed by atoms with Gasteiger partial charge in [0.2, 0.25) is 0 Å². The molecule has 0 heterocycles. The van der Waals surface area contributed by atoms with Gasteiger partial charge in [0.25, 0.3) is 0 Å². The number of ether oxygens (including phenoxy) is 1. The number of hydrogen-bond acceptors (Lipinski definition) is 1. The standard InChI is InChI=1S/C19H30O/c1-6-14-20-15-8-7-9-17-10-12-18(13-11-17)16(2)19(3,4)5/h10-13H,2,6-9,14-15H2,1,3-5H3. The molecule has 0 unspecified atom stereocenters. The van der Waals surface area contributed by atoms with Gasteiger partial charge >= 0.3 is 0 Å². The molecular weight excluding hydrogens is 244 g/mol. The molecular formula is C19H30O. The monoisotopic (exact) mass is 274 g/mol. The SMILES string of the molecule is C=C(c1ccc(CCCCOCCC)cc1)C(C)(C)C. The lowest BCUT2D eigenvalue weighted by atomic mass is 9.83. The zero-order valence-corrected chi connectivity index (χ0v) is 13.7. The Bertz CT molecular complexity index is 395. The Labute approximate surface area is 125 Å². The summed E-state index contributed by atoms with van der Waals surface area (Å²) in [6.07, 6.45) is 4.59. The van der Waals surface area contributed by atoms with Gasteiger partial charge in [-0.2, -0.15) is 0 Å². The summed E-state index contributed by atoms with van der Waals surface area (Å²) in [6.45, 7) is 14.8. The zero-order valence-electron chi connectivity index (χ0n) is 13.7. The number of hydrogen-bond donors (Lipinski definition) is 0. The van der Waals surface area contributed by atoms with Crippen molar-refractivity contribution >= 4 is 5.57 Å². The molecule has 20 heavy (non-hydrogen) atoms. The molecule has 0 saturated heterocycles. The predicted octanol–water partition coefficient (Wildman–Crippen LogP) is 5.50. The molecule has 1 nitrogen and oxygen atoms in total. The first-order chi connectivity index (χ1) is 9.45. The van der Waals surface area contributed by atoms with E-state index in [0.717, 1.165) is 32.5 Å². The first kappa shape index (κ1) is 17.0. The Morgan fingerprint density at radius 3 is 2.25 bits per heavy atom. The molecule has 112 valence electrons. The van der Waals surface area contributed by atoms with Crippen molar-refractivity contribution in [3.8, 4) is 0 Å². The second kappa shape index (κ2) is 8.26. The third-order valence-corrected chi connectivity index (χ3v) is 3.56. The highest BCUT2D eigenvalue weighted by Crippen LogP contribution is 2.32. The van der Waals surface area contributed by atoms with Crippen molar-refractivity contribution < 1.29 is 4.74 Å². The molecule has 0 saturated carbocycles. The maximum Gasteiger partial charge on any atom is 0.0466 e. The third-order valence-electron chi connectivity index (χ3n) is 3.56. The van der Waals surface area contributed by atoms with Gasteiger partial charge in [0.05, 0.1) is 0 Å². The van der Waals surface area contributed by atoms with Crippen LogP contribution in [0.15, 0.2) is 30.8 Å². The van der Waals surface area contributed by atoms with Gasteiger partial charge in [0, 0.05) is 13.2 Å². The minimum atomic E-state index is 0.137. The topological polar surface area (TPSA) is 9.23 Å². The maximum absolute atomic E-state index is 5.50. The van der Waals surface area contributed by atoms with Crippen molar-refractivity contribution in [2.24, 2.45) is 5.41 Å². The fourth-order valence-corrected chi connectivity index (χ4v) is 2.09. The Morgan fingerprint density at radius 1 is 1.05 bits per heavy atom. The van der Waals surface area contributed by atoms with E-state index < -0.39 is 0 Å². The first-order valence-electron chi connectivity index (χ1n) is 7.81. The number of benzene rings is 1. The summed E-state index contributed by atoms with van der Waals surface area (Å²) < 4.78 is 5.50. The van der Waals surface area contributed by atoms with Crippen LogP contribution in [-0.4, -0.2) is 13.2 Å². The van der Waals surface area contributed by atoms with E-state index in [0.29, 0.717) is 0 Å². The number of allylic oxidation sites excluding steroid dienone is 1. The van der Waals surface area contributed by atoms with Crippen LogP contribution in [0.2, 0.25) is 0 Å². The molecule has 1 heteroatoms. The lowest BCUT2D eigenvalue weighted by Gasteiger charge is -2.22. The molecule has 0 aliphatic rings. The van der Waals surface area contributed by atoms with Gasteiger partial charge in [-0.05, 0) is 47.8 Å². The molecule has 0 atom stereocenters. The van der Waals surface area contributed by atoms with Crippen molar-refractivity contribution in [1.82, 2.24) is 0 Å². The fourth-order valence-electron chi connectivity index (χ4n) is 2.09. The van der Waals surface area contributed by atoms with Crippen molar-refractivity contribution in [3.05, 3.63) is 42.0 Å². The van der Waals surface area contributed by atoms with Crippen LogP contribution in [-0.2, 0) is 11.2 Å². The quantitative estimate of drug-likeness (QED) is 0.569. The van der Waals surface area contributed by atoms with E-state index in [1.54, 1.807) is 0 Å². The minimum absolute atomic E-state index is 0.137. The van der Waals surface area contributed by atoms with E-state index >= 15 is 0 Å². The third kappa shape index (κ3) is 5.92. The van der Waals surface area contributed by atoms with E-state index in [1.165, 1.54) is 23.1 Å². The highest BCUT2D eigenvalue weighted by Gasteiger charge is 2.16. The summed E-state index contributed by atoms with van der Waals surface area (Å²) in [5, 5.41) is 0. The molecule has 0 aliphatic carbocycles. The lowest BCUT2D eigenvalue weighted by Crippen LogP contribution is -2.07. The molecule has 0 bridgehead atoms. The predicted molar refractivity (Wildman–Crippen MR) is 89.0 cm³/mol. The number of aryl methyl sites for hydroxylation is 1. The smallest absolute Gasteiger partial charge is 0.0466 e. The van der Waals surface area contributed by atoms with E-state index in [4.69, 9.17) is 4.74 Å². The Kier molecular flexibility index (Phi) is 7.01. The van der Waals surface area contributed by atoms with Crippen LogP contribution in [0, 0.1) is 5.41 Å². The summed E-state index contributed by atoms with van der Waals surface area (Å²) in [5.74, 6) is 0. The van der Waals surface area contributed by atoms with Gasteiger partial charge in [-0.3, -0.25) is 0 Å². The van der Waals surface area contributed by atoms with Gasteiger partial charge in [0.1, 0.15) is 0 Å². The Morgan fingerprint density at radius 2 is 1.70 bits per heavy atom. The zero-order chi connectivity index (χ0) is 15.0. The molecule has 0 N–H and O–H groups in total. The molecule has 1 aromatic carbocycles. The van der Waals surface area contributed by atoms with Crippen molar-refractivity contribution in [3.63, 3.8) is 0 Å². The summed E-state index contributed by atoms with van der Waals surface area (Å²) in [6, 6.07) is 8.88. The normalized spacial score (nSPS) is 11.6. The van der Waals surface area contributed by atoms with E-state index in [1.807, 2.05) is 0 Å². The summed E-state index contributed by atoms with van der Waals surface area (Å²) >= 11 is 0. The molecule has 0 radical (unpaired) electrons. The van der Waals surface area contributed by atoms with E-state index in [-0.39, 0.29) is 5.41 Å². The molecule has 0 aromatic heterocycles. The number of unbranched alkanes of at least 4 members (excludes halogenated alkanes) is 1. The van der Waals surface area contributed by atoms with Gasteiger partial charge in [-0.15, -0.1) is 0 Å². The van der Waals surface area contributed by atoms with Crippen LogP contribution in [0.3, 0.4) is 0 Å². The average molecular weight is 274 g/mol. The second-order valence-electron chi connectivity index (χ2n) is 6.49. The lowest BCUT2D eigenvalue weighted by molar-refractivity contribution is 0.131. The Balaban J connectivity index is 2.38. The van der Waals surface area contributed by atoms with Crippen LogP contribution in [0.5, 0.6) is 0 Å². The molecule has 1 rings (SSSR count). The molecule has 0 aliphatic heterocycles. The highest BCUT2D eigenvalue weighted by atomic mass is 16.5. The van der Waals surface area contributed by atoms with Crippen LogP contribution in [0.4, 0.5) is 0 Å². The van der Waals surface area contributed by atoms with Gasteiger partial charge < -0.3 is 4.74 Å². The fraction of sp³-hybridized carbons (Fsp3) is 0.579. The molecule has 0 fully saturated rings. The van der Waals surface area contributed by atoms with E-state index in [9.17, 15) is 0 Å². The van der Waals surface area contributed by atoms with Gasteiger partial charge in [-0.25, -0.2) is 0 Å². The van der Waals surface area contributed by atoms with Crippen LogP contribution < -0.4 is 0 Å². The van der Waals surface area contributed by atoms with E-state index in [2.05, 4.69) is 58.5 Å². The maximum atomic E-state index is 5.50. The van der Waals surface area contributed by atoms with Crippen LogP contribution in [0.25, 0.3) is 5.57 Å². The molecule has 1 aromatic rings. The van der Waals surface area contributed by atoms with Crippen LogP contribution in [0.1, 0.15) is 58.1 Å². The van der Waals surface area contributed by atoms with Crippen molar-refractivity contribution in [2.75, 3.05) is 13.2 Å². The van der Waals surface area contributed by atoms with Crippen LogP contribution >= 0.6 is 0 Å². The summed E-state index contributed by atoms with van der Waals surface area (Å²) in [7, 11) is 0. The average Bonchev–Trinajstić information content (AvgIpc) is 2.41. The summed E-state index contributed by atoms with van der Waals surface area (Å²) in [5.41, 5.74) is 4.01. The Hall–Kier alpha value is -1.08. The summed E-state index contributed by atoms with van der Waals surface area (Å²) in [4.78, 5) is 0. The van der Waals surface area contributed by atoms with Crippen molar-refractivity contribution in [2.45, 2.75) is 53.4 Å². The molecule has 0 spiro atoms. The van der Waals surface area contributed by atoms with Gasteiger partial charge in [-0.1, -0.05) is 58.5 Å². The van der Waals surface area contributed by atoms with Crippen molar-refractivity contribution in [1.29, 1.82) is 0 Å². The largest absolute Gasteiger partial charge is 0.381 e. The first-order valence-corrected chi connectivity index (χ1v) is 7.81. The van der Waals surface area contributed by atoms with Gasteiger partial charge in [0.15, 0.2) is 0 Å².